The van der Waals surface area contributed by atoms with E-state index >= 15 is 0 Å². The van der Waals surface area contributed by atoms with E-state index in [4.69, 9.17) is 9.47 Å². The number of fused-ring (bicyclic) bond motifs is 2. The van der Waals surface area contributed by atoms with Gasteiger partial charge in [-0.15, -0.1) is 0 Å². The van der Waals surface area contributed by atoms with E-state index in [1.807, 2.05) is 45.9 Å². The first kappa shape index (κ1) is 17.3. The maximum atomic E-state index is 12.9. The lowest BCUT2D eigenvalue weighted by Crippen LogP contribution is -2.17. The highest BCUT2D eigenvalue weighted by atomic mass is 16.5. The molecule has 0 spiro atoms. The van der Waals surface area contributed by atoms with E-state index < -0.39 is 0 Å². The van der Waals surface area contributed by atoms with Crippen LogP contribution in [0.15, 0.2) is 24.4 Å². The summed E-state index contributed by atoms with van der Waals surface area (Å²) in [4.78, 5) is 17.3. The number of ether oxygens (including phenoxy) is 2. The molecule has 1 N–H and O–H groups in total. The normalized spacial score (nSPS) is 15.5. The molecule has 0 saturated heterocycles. The number of nitrogens with zero attached hydrogens (tertiary/aromatic N) is 3. The van der Waals surface area contributed by atoms with Crippen molar-refractivity contribution in [2.75, 3.05) is 11.9 Å². The van der Waals surface area contributed by atoms with Gasteiger partial charge >= 0.3 is 0 Å². The third kappa shape index (κ3) is 3.09. The Hall–Kier alpha value is -3.09. The van der Waals surface area contributed by atoms with Crippen LogP contribution in [0, 0.1) is 13.8 Å². The van der Waals surface area contributed by atoms with Crippen molar-refractivity contribution in [2.45, 2.75) is 40.2 Å². The minimum atomic E-state index is -0.262. The quantitative estimate of drug-likeness (QED) is 0.766. The molecule has 1 aromatic carbocycles. The van der Waals surface area contributed by atoms with Crippen LogP contribution in [0.25, 0.3) is 5.65 Å². The van der Waals surface area contributed by atoms with Crippen molar-refractivity contribution in [2.24, 2.45) is 0 Å². The molecule has 0 fully saturated rings. The first-order chi connectivity index (χ1) is 13.0. The van der Waals surface area contributed by atoms with Crippen LogP contribution in [-0.2, 0) is 6.42 Å². The van der Waals surface area contributed by atoms with E-state index in [1.54, 1.807) is 10.7 Å². The van der Waals surface area contributed by atoms with Crippen LogP contribution >= 0.6 is 0 Å². The molecule has 3 aromatic rings. The molecule has 0 saturated carbocycles. The number of amides is 1. The standard InChI is InChI=1S/C20H22N4O3/c1-5-26-18-8-14-7-12(3)27-17(14)9-16(18)22-20(25)15-10-21-19-6-11(2)23-24(19)13(15)4/h6,8-10,12H,5,7H2,1-4H3,(H,22,25). The van der Waals surface area contributed by atoms with Gasteiger partial charge in [-0.1, -0.05) is 0 Å². The van der Waals surface area contributed by atoms with Gasteiger partial charge < -0.3 is 14.8 Å². The minimum absolute atomic E-state index is 0.123. The zero-order valence-electron chi connectivity index (χ0n) is 15.9. The van der Waals surface area contributed by atoms with E-state index in [-0.39, 0.29) is 12.0 Å². The number of carbonyl (C=O) groups is 1. The van der Waals surface area contributed by atoms with Crippen LogP contribution in [-0.4, -0.2) is 33.2 Å². The molecule has 3 heterocycles. The first-order valence-corrected chi connectivity index (χ1v) is 9.06. The molecule has 7 nitrogen and oxygen atoms in total. The van der Waals surface area contributed by atoms with E-state index in [0.29, 0.717) is 23.6 Å². The van der Waals surface area contributed by atoms with Crippen LogP contribution in [0.2, 0.25) is 0 Å². The molecular weight excluding hydrogens is 344 g/mol. The smallest absolute Gasteiger partial charge is 0.259 e. The summed E-state index contributed by atoms with van der Waals surface area (Å²) < 4.78 is 13.2. The van der Waals surface area contributed by atoms with Crippen LogP contribution in [0.4, 0.5) is 5.69 Å². The topological polar surface area (TPSA) is 77.8 Å². The number of benzene rings is 1. The van der Waals surface area contributed by atoms with Crippen molar-refractivity contribution in [1.29, 1.82) is 0 Å². The number of hydrogen-bond donors (Lipinski definition) is 1. The lowest BCUT2D eigenvalue weighted by Gasteiger charge is -2.14. The summed E-state index contributed by atoms with van der Waals surface area (Å²) in [5, 5.41) is 7.34. The number of aryl methyl sites for hydroxylation is 2. The third-order valence-corrected chi connectivity index (χ3v) is 4.64. The van der Waals surface area contributed by atoms with Gasteiger partial charge in [0.1, 0.15) is 17.6 Å². The van der Waals surface area contributed by atoms with Gasteiger partial charge in [0.15, 0.2) is 5.65 Å². The van der Waals surface area contributed by atoms with Gasteiger partial charge in [0.25, 0.3) is 5.91 Å². The highest BCUT2D eigenvalue weighted by Crippen LogP contribution is 2.38. The Labute approximate surface area is 157 Å². The van der Waals surface area contributed by atoms with Crippen molar-refractivity contribution in [1.82, 2.24) is 14.6 Å². The molecule has 4 rings (SSSR count). The van der Waals surface area contributed by atoms with Crippen LogP contribution in [0.1, 0.15) is 41.2 Å². The Morgan fingerprint density at radius 3 is 2.96 bits per heavy atom. The Morgan fingerprint density at radius 1 is 1.37 bits per heavy atom. The summed E-state index contributed by atoms with van der Waals surface area (Å²) in [5.74, 6) is 1.17. The van der Waals surface area contributed by atoms with Crippen LogP contribution in [0.3, 0.4) is 0 Å². The SMILES string of the molecule is CCOc1cc2c(cc1NC(=O)c1cnc3cc(C)nn3c1C)OC(C)C2. The van der Waals surface area contributed by atoms with E-state index in [0.717, 1.165) is 34.8 Å². The summed E-state index contributed by atoms with van der Waals surface area (Å²) in [6.07, 6.45) is 2.53. The molecule has 1 aliphatic heterocycles. The predicted molar refractivity (Wildman–Crippen MR) is 102 cm³/mol. The van der Waals surface area contributed by atoms with Crippen LogP contribution in [0.5, 0.6) is 11.5 Å². The highest BCUT2D eigenvalue weighted by molar-refractivity contribution is 6.05. The van der Waals surface area contributed by atoms with Crippen molar-refractivity contribution >= 4 is 17.2 Å². The summed E-state index contributed by atoms with van der Waals surface area (Å²) in [6.45, 7) is 8.20. The second kappa shape index (κ2) is 6.57. The van der Waals surface area contributed by atoms with Gasteiger partial charge in [-0.3, -0.25) is 4.79 Å². The monoisotopic (exact) mass is 366 g/mol. The molecule has 0 radical (unpaired) electrons. The Morgan fingerprint density at radius 2 is 2.19 bits per heavy atom. The van der Waals surface area contributed by atoms with E-state index in [2.05, 4.69) is 15.4 Å². The number of hydrogen-bond acceptors (Lipinski definition) is 5. The second-order valence-electron chi connectivity index (χ2n) is 6.79. The number of nitrogens with one attached hydrogen (secondary N) is 1. The molecular formula is C20H22N4O3. The van der Waals surface area contributed by atoms with Gasteiger partial charge in [-0.05, 0) is 33.8 Å². The lowest BCUT2D eigenvalue weighted by molar-refractivity contribution is 0.102. The molecule has 1 amide bonds. The molecule has 1 aliphatic rings. The number of rotatable bonds is 4. The summed E-state index contributed by atoms with van der Waals surface area (Å²) in [7, 11) is 0. The largest absolute Gasteiger partial charge is 0.492 e. The predicted octanol–water partition coefficient (Wildman–Crippen LogP) is 3.32. The molecule has 1 atom stereocenters. The van der Waals surface area contributed by atoms with Gasteiger partial charge in [0, 0.05) is 30.3 Å². The number of carbonyl (C=O) groups excluding carboxylic acids is 1. The fourth-order valence-corrected chi connectivity index (χ4v) is 3.39. The number of anilines is 1. The zero-order chi connectivity index (χ0) is 19.1. The Kier molecular flexibility index (Phi) is 4.22. The molecule has 7 heteroatoms. The fourth-order valence-electron chi connectivity index (χ4n) is 3.39. The maximum absolute atomic E-state index is 12.9. The van der Waals surface area contributed by atoms with Crippen LogP contribution < -0.4 is 14.8 Å². The van der Waals surface area contributed by atoms with Gasteiger partial charge in [-0.25, -0.2) is 9.50 Å². The van der Waals surface area contributed by atoms with Crippen molar-refractivity contribution in [3.8, 4) is 11.5 Å². The fraction of sp³-hybridized carbons (Fsp3) is 0.350. The Bertz CT molecular complexity index is 1040. The van der Waals surface area contributed by atoms with Crippen molar-refractivity contribution < 1.29 is 14.3 Å². The van der Waals surface area contributed by atoms with Gasteiger partial charge in [0.05, 0.1) is 29.2 Å². The summed E-state index contributed by atoms with van der Waals surface area (Å²) in [5.41, 5.74) is 4.45. The molecule has 0 aliphatic carbocycles. The van der Waals surface area contributed by atoms with Gasteiger partial charge in [-0.2, -0.15) is 5.10 Å². The summed E-state index contributed by atoms with van der Waals surface area (Å²) >= 11 is 0. The molecule has 27 heavy (non-hydrogen) atoms. The van der Waals surface area contributed by atoms with Gasteiger partial charge in [0.2, 0.25) is 0 Å². The maximum Gasteiger partial charge on any atom is 0.259 e. The second-order valence-corrected chi connectivity index (χ2v) is 6.79. The third-order valence-electron chi connectivity index (χ3n) is 4.64. The first-order valence-electron chi connectivity index (χ1n) is 9.06. The lowest BCUT2D eigenvalue weighted by atomic mass is 10.1. The molecule has 140 valence electrons. The van der Waals surface area contributed by atoms with Crippen molar-refractivity contribution in [3.05, 3.63) is 46.9 Å². The molecule has 2 aromatic heterocycles. The molecule has 1 unspecified atom stereocenters. The minimum Gasteiger partial charge on any atom is -0.492 e. The van der Waals surface area contributed by atoms with E-state index in [9.17, 15) is 4.79 Å². The average Bonchev–Trinajstić information content (AvgIpc) is 3.16. The Balaban J connectivity index is 1.68. The van der Waals surface area contributed by atoms with Crippen molar-refractivity contribution in [3.63, 3.8) is 0 Å². The average molecular weight is 366 g/mol. The van der Waals surface area contributed by atoms with E-state index in [1.165, 1.54) is 0 Å². The highest BCUT2D eigenvalue weighted by Gasteiger charge is 2.23. The zero-order valence-corrected chi connectivity index (χ0v) is 15.9. The summed E-state index contributed by atoms with van der Waals surface area (Å²) in [6, 6.07) is 5.66. The number of aromatic nitrogens is 3. The molecule has 0 bridgehead atoms.